The molecule has 0 aliphatic carbocycles. The minimum Gasteiger partial charge on any atom is -0.394 e. The normalized spacial score (nSPS) is 12.0. The van der Waals surface area contributed by atoms with Gasteiger partial charge in [0, 0.05) is 0 Å². The molecule has 2 aromatic rings. The lowest BCUT2D eigenvalue weighted by Crippen LogP contribution is -2.31. The van der Waals surface area contributed by atoms with Crippen LogP contribution in [0.2, 0.25) is 0 Å². The molecule has 0 bridgehead atoms. The number of aromatic nitrogens is 2. The molecule has 1 aromatic carbocycles. The largest absolute Gasteiger partial charge is 0.394 e. The maximum atomic E-state index is 12.4. The highest BCUT2D eigenvalue weighted by molar-refractivity contribution is 5.95. The number of carbonyl (C=O) groups excluding carboxylic acids is 1. The van der Waals surface area contributed by atoms with Gasteiger partial charge in [-0.2, -0.15) is 10.2 Å². The van der Waals surface area contributed by atoms with Crippen LogP contribution in [0.3, 0.4) is 0 Å². The molecular formula is C16H19N3O2. The Morgan fingerprint density at radius 1 is 1.29 bits per heavy atom. The molecule has 110 valence electrons. The molecule has 0 aliphatic heterocycles. The van der Waals surface area contributed by atoms with Gasteiger partial charge in [-0.05, 0) is 25.0 Å². The first-order valence-corrected chi connectivity index (χ1v) is 6.95. The van der Waals surface area contributed by atoms with Crippen molar-refractivity contribution in [2.24, 2.45) is 0 Å². The van der Waals surface area contributed by atoms with E-state index in [9.17, 15) is 9.90 Å². The van der Waals surface area contributed by atoms with Crippen LogP contribution in [0.15, 0.2) is 36.4 Å². The number of hydrogen-bond acceptors (Lipinski definition) is 4. The number of aliphatic hydroxyl groups is 1. The van der Waals surface area contributed by atoms with Crippen molar-refractivity contribution in [1.82, 2.24) is 15.5 Å². The van der Waals surface area contributed by atoms with Crippen LogP contribution in [0.4, 0.5) is 0 Å². The molecule has 1 amide bonds. The van der Waals surface area contributed by atoms with E-state index in [4.69, 9.17) is 0 Å². The van der Waals surface area contributed by atoms with Crippen LogP contribution in [0.25, 0.3) is 0 Å². The lowest BCUT2D eigenvalue weighted by Gasteiger charge is -2.17. The maximum absolute atomic E-state index is 12.4. The van der Waals surface area contributed by atoms with Crippen molar-refractivity contribution in [3.05, 3.63) is 58.9 Å². The fraction of sp³-hybridized carbons (Fsp3) is 0.312. The van der Waals surface area contributed by atoms with Gasteiger partial charge in [0.2, 0.25) is 0 Å². The summed E-state index contributed by atoms with van der Waals surface area (Å²) >= 11 is 0. The van der Waals surface area contributed by atoms with Crippen molar-refractivity contribution in [3.8, 4) is 0 Å². The zero-order valence-corrected chi connectivity index (χ0v) is 12.2. The second-order valence-corrected chi connectivity index (χ2v) is 4.82. The van der Waals surface area contributed by atoms with E-state index in [1.54, 1.807) is 13.0 Å². The van der Waals surface area contributed by atoms with Crippen LogP contribution in [-0.2, 0) is 6.42 Å². The van der Waals surface area contributed by atoms with Crippen molar-refractivity contribution >= 4 is 5.91 Å². The van der Waals surface area contributed by atoms with Crippen molar-refractivity contribution in [2.75, 3.05) is 6.61 Å². The van der Waals surface area contributed by atoms with E-state index in [0.29, 0.717) is 23.4 Å². The number of aryl methyl sites for hydroxylation is 2. The Balaban J connectivity index is 2.22. The molecular weight excluding hydrogens is 266 g/mol. The summed E-state index contributed by atoms with van der Waals surface area (Å²) in [4.78, 5) is 12.4. The Bertz CT molecular complexity index is 614. The summed E-state index contributed by atoms with van der Waals surface area (Å²) < 4.78 is 0. The van der Waals surface area contributed by atoms with Crippen molar-refractivity contribution in [2.45, 2.75) is 26.3 Å². The van der Waals surface area contributed by atoms with E-state index >= 15 is 0 Å². The first-order valence-electron chi connectivity index (χ1n) is 6.95. The fourth-order valence-electron chi connectivity index (χ4n) is 2.13. The van der Waals surface area contributed by atoms with Crippen molar-refractivity contribution < 1.29 is 9.90 Å². The lowest BCUT2D eigenvalue weighted by atomic mass is 10.1. The molecule has 1 aromatic heterocycles. The molecule has 0 saturated carbocycles. The maximum Gasteiger partial charge on any atom is 0.253 e. The minimum atomic E-state index is -0.433. The Labute approximate surface area is 124 Å². The van der Waals surface area contributed by atoms with Gasteiger partial charge in [0.05, 0.1) is 29.6 Å². The van der Waals surface area contributed by atoms with Gasteiger partial charge in [0.15, 0.2) is 0 Å². The summed E-state index contributed by atoms with van der Waals surface area (Å²) in [6, 6.07) is 10.7. The molecule has 0 aliphatic rings. The Morgan fingerprint density at radius 3 is 2.62 bits per heavy atom. The number of hydrogen-bond donors (Lipinski definition) is 2. The molecule has 2 N–H and O–H groups in total. The van der Waals surface area contributed by atoms with Crippen LogP contribution >= 0.6 is 0 Å². The second-order valence-electron chi connectivity index (χ2n) is 4.82. The minimum absolute atomic E-state index is 0.158. The number of rotatable bonds is 5. The van der Waals surface area contributed by atoms with Gasteiger partial charge in [-0.15, -0.1) is 0 Å². The number of nitrogens with one attached hydrogen (secondary N) is 1. The van der Waals surface area contributed by atoms with E-state index in [-0.39, 0.29) is 12.5 Å². The van der Waals surface area contributed by atoms with Gasteiger partial charge < -0.3 is 10.4 Å². The SMILES string of the molecule is CCc1nnc(C)cc1C(=O)N[C@@H](CO)c1ccccc1. The van der Waals surface area contributed by atoms with Gasteiger partial charge in [0.25, 0.3) is 5.91 Å². The van der Waals surface area contributed by atoms with Crippen LogP contribution in [0, 0.1) is 6.92 Å². The van der Waals surface area contributed by atoms with E-state index < -0.39 is 6.04 Å². The molecule has 0 unspecified atom stereocenters. The summed E-state index contributed by atoms with van der Waals surface area (Å²) in [6.07, 6.45) is 0.630. The Kier molecular flexibility index (Phi) is 5.00. The highest BCUT2D eigenvalue weighted by atomic mass is 16.3. The second kappa shape index (κ2) is 6.95. The average Bonchev–Trinajstić information content (AvgIpc) is 2.53. The molecule has 0 fully saturated rings. The number of carbonyl (C=O) groups is 1. The summed E-state index contributed by atoms with van der Waals surface area (Å²) in [7, 11) is 0. The highest BCUT2D eigenvalue weighted by Crippen LogP contribution is 2.14. The molecule has 21 heavy (non-hydrogen) atoms. The first kappa shape index (κ1) is 15.1. The summed E-state index contributed by atoms with van der Waals surface area (Å²) in [6.45, 7) is 3.56. The number of nitrogens with zero attached hydrogens (tertiary/aromatic N) is 2. The van der Waals surface area contributed by atoms with Crippen molar-refractivity contribution in [1.29, 1.82) is 0 Å². The molecule has 5 nitrogen and oxygen atoms in total. The standard InChI is InChI=1S/C16H19N3O2/c1-3-14-13(9-11(2)18-19-14)16(21)17-15(10-20)12-7-5-4-6-8-12/h4-9,15,20H,3,10H2,1-2H3,(H,17,21)/t15-/m0/s1. The highest BCUT2D eigenvalue weighted by Gasteiger charge is 2.18. The van der Waals surface area contributed by atoms with Crippen molar-refractivity contribution in [3.63, 3.8) is 0 Å². The summed E-state index contributed by atoms with van der Waals surface area (Å²) in [5, 5.41) is 20.4. The predicted octanol–water partition coefficient (Wildman–Crippen LogP) is 1.81. The molecule has 2 rings (SSSR count). The number of aliphatic hydroxyl groups excluding tert-OH is 1. The first-order chi connectivity index (χ1) is 10.2. The molecule has 0 saturated heterocycles. The molecule has 0 spiro atoms. The predicted molar refractivity (Wildman–Crippen MR) is 79.9 cm³/mol. The van der Waals surface area contributed by atoms with Gasteiger partial charge >= 0.3 is 0 Å². The fourth-order valence-corrected chi connectivity index (χ4v) is 2.13. The zero-order chi connectivity index (χ0) is 15.2. The third-order valence-electron chi connectivity index (χ3n) is 3.26. The van der Waals surface area contributed by atoms with Gasteiger partial charge in [-0.25, -0.2) is 0 Å². The van der Waals surface area contributed by atoms with Crippen LogP contribution < -0.4 is 5.32 Å². The van der Waals surface area contributed by atoms with E-state index in [0.717, 1.165) is 5.56 Å². The number of amides is 1. The van der Waals surface area contributed by atoms with Crippen LogP contribution in [0.1, 0.15) is 40.3 Å². The zero-order valence-electron chi connectivity index (χ0n) is 12.2. The quantitative estimate of drug-likeness (QED) is 0.878. The Hall–Kier alpha value is -2.27. The van der Waals surface area contributed by atoms with Gasteiger partial charge in [-0.3, -0.25) is 4.79 Å². The molecule has 1 atom stereocenters. The van der Waals surface area contributed by atoms with E-state index in [2.05, 4.69) is 15.5 Å². The average molecular weight is 285 g/mol. The number of benzene rings is 1. The Morgan fingerprint density at radius 2 is 2.00 bits per heavy atom. The molecule has 1 heterocycles. The van der Waals surface area contributed by atoms with Crippen LogP contribution in [0.5, 0.6) is 0 Å². The topological polar surface area (TPSA) is 75.1 Å². The van der Waals surface area contributed by atoms with Crippen LogP contribution in [-0.4, -0.2) is 27.8 Å². The lowest BCUT2D eigenvalue weighted by molar-refractivity contribution is 0.0914. The van der Waals surface area contributed by atoms with E-state index in [1.807, 2.05) is 37.3 Å². The summed E-state index contributed by atoms with van der Waals surface area (Å²) in [5.41, 5.74) is 2.73. The molecule has 5 heteroatoms. The van der Waals surface area contributed by atoms with Gasteiger partial charge in [0.1, 0.15) is 0 Å². The smallest absolute Gasteiger partial charge is 0.253 e. The van der Waals surface area contributed by atoms with E-state index in [1.165, 1.54) is 0 Å². The third kappa shape index (κ3) is 3.64. The third-order valence-corrected chi connectivity index (χ3v) is 3.26. The van der Waals surface area contributed by atoms with Gasteiger partial charge in [-0.1, -0.05) is 37.3 Å². The summed E-state index contributed by atoms with van der Waals surface area (Å²) in [5.74, 6) is -0.243. The monoisotopic (exact) mass is 285 g/mol. The molecule has 0 radical (unpaired) electrons.